The molecule has 3 amide bonds. The van der Waals surface area contributed by atoms with Crippen LogP contribution in [0.3, 0.4) is 0 Å². The number of allylic oxidation sites excluding steroid dienone is 2. The number of ether oxygens (including phenoxy) is 12. The Morgan fingerprint density at radius 3 is 1.39 bits per heavy atom. The number of imide groups is 1. The lowest BCUT2D eigenvalue weighted by atomic mass is 9.75. The molecule has 0 aromatic heterocycles. The predicted octanol–water partition coefficient (Wildman–Crippen LogP) is 12.1. The lowest BCUT2D eigenvalue weighted by Crippen LogP contribution is -2.61. The zero-order valence-electron chi connectivity index (χ0n) is 68.5. The Hall–Kier alpha value is -7.42. The molecule has 2 N–H and O–H groups in total. The molecule has 5 aliphatic rings. The van der Waals surface area contributed by atoms with Crippen LogP contribution in [0.5, 0.6) is 0 Å². The number of nitrogens with one attached hydrogen (secondary N) is 2. The van der Waals surface area contributed by atoms with E-state index in [9.17, 15) is 52.7 Å². The van der Waals surface area contributed by atoms with Gasteiger partial charge in [-0.3, -0.25) is 44.2 Å². The second-order valence-corrected chi connectivity index (χ2v) is 33.7. The van der Waals surface area contributed by atoms with Crippen molar-refractivity contribution >= 4 is 99.9 Å². The fraction of sp³-hybridized carbons (Fsp3) is 0.622. The van der Waals surface area contributed by atoms with Crippen molar-refractivity contribution < 1.29 is 118 Å². The number of fused-ring (bicyclic) bond motifs is 1. The number of halogens is 5. The zero-order chi connectivity index (χ0) is 85.9. The molecule has 0 spiro atoms. The Labute approximate surface area is 680 Å². The van der Waals surface area contributed by atoms with Gasteiger partial charge >= 0.3 is 36.1 Å². The standard InChI is InChI=1S/C42H56Cl3FN2O12.C40H55FN2O11/c1-12-19-55-41(9)22-39(7,46)32(50)23(3)21-40(8,60-38(54)47-37(53)42(43,44)45)29(13-2)57-34(51)26(6)30(49)25(5)33(41)59-36-31(28(48(10)11)20-24(4)56-36)58-35(52)27-17-15-14-16-18-27;1-12-19-49-39(8)21-38(7,41)32(45)25(6)31-40(9,54-37(48)42-31)28(13-2)51-34(46)24(5)29(44)23(4)33(39)53-36-30(27(43(10)11)20-22(3)50-36)52-35(47)26-17-15-14-16-18-26/h12,14-18,21,24-26,28-29,31,33,36H,1,13,19-20,22H2,2-11H3,(H,47,53,54);12,14-18,22-24,27-28,30,33,36H,1,13,19-21H2,2-11H3,(H,42,48)/b23-21+;31-25-/t24-,25+,26-,28+,29-,31-,33-,36+,39+,40+,41-;22-,23+,24-,27+,28-,30-,33-,36+,38+,39-,40-/m11/s1. The number of amides is 3. The zero-order valence-corrected chi connectivity index (χ0v) is 70.8. The summed E-state index contributed by atoms with van der Waals surface area (Å²) in [5.41, 5.74) is -12.8. The molecule has 2 aromatic carbocycles. The summed E-state index contributed by atoms with van der Waals surface area (Å²) in [6, 6.07) is 15.8. The SMILES string of the molecule is C=CCO[C@]1(C)C[C@](C)(F)C(=O)/C(C)=C/[C@](C)(OC(=O)NC(=O)C(Cl)(Cl)Cl)[C@@H](CC)OC(=O)[C@H](C)C(=O)[C@H](C)[C@H]1O[C@@H]1O[C@H](C)C[C@H](N(C)C)[C@H]1OC(=O)c1ccccc1.C=CCO[C@]1(C)C[C@](C)(F)C(=O)/C(C)=C2\NC(=O)O[C@]2(C)[C@@H](CC)OC(=O)[C@H](C)C(=O)[C@H](C)[C@H]1O[C@@H]1O[C@H](C)C[C@H](N(C)C)[C@H]1OC(=O)c1ccccc1. The van der Waals surface area contributed by atoms with Crippen molar-refractivity contribution in [1.29, 1.82) is 0 Å². The van der Waals surface area contributed by atoms with Crippen LogP contribution in [0.4, 0.5) is 18.4 Å². The highest BCUT2D eigenvalue weighted by Crippen LogP contribution is 2.45. The van der Waals surface area contributed by atoms with E-state index in [1.807, 2.05) is 30.8 Å². The molecule has 32 heteroatoms. The minimum Gasteiger partial charge on any atom is -0.457 e. The molecular weight excluding hydrogens is 1550 g/mol. The summed E-state index contributed by atoms with van der Waals surface area (Å²) < 4.78 is 106. The van der Waals surface area contributed by atoms with Gasteiger partial charge in [-0.25, -0.2) is 28.0 Å². The van der Waals surface area contributed by atoms with Gasteiger partial charge in [-0.2, -0.15) is 0 Å². The summed E-state index contributed by atoms with van der Waals surface area (Å²) in [4.78, 5) is 154. The second-order valence-electron chi connectivity index (χ2n) is 31.4. The minimum absolute atomic E-state index is 0.0608. The van der Waals surface area contributed by atoms with Crippen molar-refractivity contribution in [2.24, 2.45) is 23.7 Å². The van der Waals surface area contributed by atoms with E-state index in [1.54, 1.807) is 101 Å². The topological polar surface area (TPSA) is 329 Å². The van der Waals surface area contributed by atoms with Crippen LogP contribution in [0.15, 0.2) is 109 Å². The van der Waals surface area contributed by atoms with Gasteiger partial charge < -0.3 is 66.6 Å². The molecule has 3 saturated heterocycles. The molecule has 0 saturated carbocycles. The maximum absolute atomic E-state index is 17.3. The number of alkyl halides is 5. The summed E-state index contributed by atoms with van der Waals surface area (Å²) in [7, 11) is 7.25. The number of esters is 4. The highest BCUT2D eigenvalue weighted by Gasteiger charge is 2.59. The molecule has 0 aliphatic carbocycles. The van der Waals surface area contributed by atoms with E-state index >= 15 is 8.78 Å². The van der Waals surface area contributed by atoms with E-state index in [2.05, 4.69) is 18.5 Å². The molecule has 632 valence electrons. The molecule has 5 aliphatic heterocycles. The number of cyclic esters (lactones) is 2. The summed E-state index contributed by atoms with van der Waals surface area (Å²) in [5.74, 6) is -13.5. The van der Waals surface area contributed by atoms with Crippen molar-refractivity contribution in [3.05, 3.63) is 120 Å². The predicted molar refractivity (Wildman–Crippen MR) is 416 cm³/mol. The van der Waals surface area contributed by atoms with E-state index in [0.717, 1.165) is 19.9 Å². The number of ketones is 4. The largest absolute Gasteiger partial charge is 0.457 e. The van der Waals surface area contributed by atoms with E-state index in [-0.39, 0.29) is 48.5 Å². The number of Topliss-reactive ketones (excluding diaryl/α,β-unsaturated/α-hetero) is 4. The van der Waals surface area contributed by atoms with E-state index < -0.39 is 213 Å². The molecule has 0 bridgehead atoms. The van der Waals surface area contributed by atoms with E-state index in [1.165, 1.54) is 81.4 Å². The minimum atomic E-state index is -2.78. The third-order valence-electron chi connectivity index (χ3n) is 21.4. The number of hydrogen-bond acceptors (Lipinski definition) is 25. The Morgan fingerprint density at radius 1 is 0.623 bits per heavy atom. The van der Waals surface area contributed by atoms with Gasteiger partial charge in [0.2, 0.25) is 0 Å². The second kappa shape index (κ2) is 39.2. The lowest BCUT2D eigenvalue weighted by Gasteiger charge is -2.48. The highest BCUT2D eigenvalue weighted by atomic mass is 35.6. The molecule has 7 rings (SSSR count). The van der Waals surface area contributed by atoms with Crippen molar-refractivity contribution in [2.45, 2.75) is 260 Å². The quantitative estimate of drug-likeness (QED) is 0.0434. The van der Waals surface area contributed by atoms with Crippen molar-refractivity contribution in [3.8, 4) is 0 Å². The molecule has 114 heavy (non-hydrogen) atoms. The Balaban J connectivity index is 0.000000357. The first kappa shape index (κ1) is 95.4. The maximum Gasteiger partial charge on any atom is 0.414 e. The molecule has 5 heterocycles. The Bertz CT molecular complexity index is 3920. The van der Waals surface area contributed by atoms with Crippen molar-refractivity contribution in [2.75, 3.05) is 41.4 Å². The van der Waals surface area contributed by atoms with Crippen LogP contribution in [0.1, 0.15) is 170 Å². The number of hydrogen-bond donors (Lipinski definition) is 2. The molecule has 3 fully saturated rings. The summed E-state index contributed by atoms with van der Waals surface area (Å²) >= 11 is 16.8. The van der Waals surface area contributed by atoms with Crippen LogP contribution in [0.25, 0.3) is 0 Å². The number of nitrogens with zero attached hydrogens (tertiary/aromatic N) is 2. The van der Waals surface area contributed by atoms with Gasteiger partial charge in [0.05, 0.1) is 77.7 Å². The third-order valence-corrected chi connectivity index (χ3v) is 21.9. The van der Waals surface area contributed by atoms with Crippen LogP contribution < -0.4 is 10.6 Å². The molecule has 0 unspecified atom stereocenters. The normalized spacial score (nSPS) is 36.2. The average Bonchev–Trinajstić information content (AvgIpc) is 1.34. The van der Waals surface area contributed by atoms with Crippen LogP contribution >= 0.6 is 34.8 Å². The van der Waals surface area contributed by atoms with Gasteiger partial charge in [0.15, 0.2) is 70.5 Å². The molecule has 2 aromatic rings. The summed E-state index contributed by atoms with van der Waals surface area (Å²) in [6.45, 7) is 30.1. The van der Waals surface area contributed by atoms with Gasteiger partial charge in [-0.1, -0.05) is 111 Å². The average molecular weight is 1670 g/mol. The van der Waals surface area contributed by atoms with Gasteiger partial charge in [-0.05, 0) is 173 Å². The molecule has 0 radical (unpaired) electrons. The highest BCUT2D eigenvalue weighted by molar-refractivity contribution is 6.76. The van der Waals surface area contributed by atoms with Crippen LogP contribution in [0, 0.1) is 23.7 Å². The number of likely N-dealkylation sites (N-methyl/N-ethyl adjacent to an activating group) is 2. The van der Waals surface area contributed by atoms with Gasteiger partial charge in [0, 0.05) is 30.3 Å². The van der Waals surface area contributed by atoms with Crippen LogP contribution in [0.2, 0.25) is 0 Å². The van der Waals surface area contributed by atoms with E-state index in [4.69, 9.17) is 91.6 Å². The number of rotatable bonds is 19. The fourth-order valence-electron chi connectivity index (χ4n) is 15.5. The fourth-order valence-corrected chi connectivity index (χ4v) is 15.7. The first-order valence-electron chi connectivity index (χ1n) is 37.9. The lowest BCUT2D eigenvalue weighted by molar-refractivity contribution is -0.297. The summed E-state index contributed by atoms with van der Waals surface area (Å²) in [5, 5.41) is 4.27. The van der Waals surface area contributed by atoms with Gasteiger partial charge in [-0.15, -0.1) is 13.2 Å². The van der Waals surface area contributed by atoms with Gasteiger partial charge in [0.25, 0.3) is 9.70 Å². The summed E-state index contributed by atoms with van der Waals surface area (Å²) in [6.07, 6.45) is -10.1. The van der Waals surface area contributed by atoms with Crippen LogP contribution in [-0.2, 0) is 90.4 Å². The number of carbonyl (C=O) groups excluding carboxylic acids is 11. The first-order chi connectivity index (χ1) is 52.9. The Kier molecular flexibility index (Phi) is 32.8. The molecule has 22 atom stereocenters. The molecular formula is C82H111Cl3F2N4O23. The van der Waals surface area contributed by atoms with Gasteiger partial charge in [0.1, 0.15) is 24.0 Å². The van der Waals surface area contributed by atoms with Crippen molar-refractivity contribution in [3.63, 3.8) is 0 Å². The van der Waals surface area contributed by atoms with E-state index in [0.29, 0.717) is 18.4 Å². The van der Waals surface area contributed by atoms with Crippen molar-refractivity contribution in [1.82, 2.24) is 20.4 Å². The third kappa shape index (κ3) is 22.9. The smallest absolute Gasteiger partial charge is 0.414 e. The number of benzene rings is 2. The number of alkyl carbamates (subject to hydrolysis) is 2. The first-order valence-corrected chi connectivity index (χ1v) is 39.0. The van der Waals surface area contributed by atoms with Crippen LogP contribution in [-0.4, -0.2) is 227 Å². The molecule has 27 nitrogen and oxygen atoms in total. The monoisotopic (exact) mass is 1660 g/mol. The maximum atomic E-state index is 17.3. The number of carbonyl (C=O) groups is 11. The Morgan fingerprint density at radius 2 is 1.02 bits per heavy atom.